The van der Waals surface area contributed by atoms with Gasteiger partial charge >= 0.3 is 0 Å². The van der Waals surface area contributed by atoms with Crippen LogP contribution in [0.25, 0.3) is 10.9 Å². The van der Waals surface area contributed by atoms with Gasteiger partial charge in [-0.15, -0.1) is 18.3 Å². The van der Waals surface area contributed by atoms with Crippen molar-refractivity contribution in [3.63, 3.8) is 0 Å². The second-order valence-corrected chi connectivity index (χ2v) is 4.30. The van der Waals surface area contributed by atoms with Gasteiger partial charge in [-0.2, -0.15) is 0 Å². The Balaban J connectivity index is 2.53. The van der Waals surface area contributed by atoms with Crippen LogP contribution in [0.1, 0.15) is 10.4 Å². The van der Waals surface area contributed by atoms with Gasteiger partial charge in [-0.25, -0.2) is 4.98 Å². The van der Waals surface area contributed by atoms with Crippen LogP contribution >= 0.6 is 11.8 Å². The van der Waals surface area contributed by atoms with Crippen molar-refractivity contribution in [1.82, 2.24) is 4.98 Å². The molecule has 80 valence electrons. The molecule has 0 saturated carbocycles. The minimum absolute atomic E-state index is 0.644. The molecule has 0 amide bonds. The maximum Gasteiger partial charge on any atom is 0.152 e. The Morgan fingerprint density at radius 1 is 1.38 bits per heavy atom. The van der Waals surface area contributed by atoms with Crippen LogP contribution < -0.4 is 0 Å². The van der Waals surface area contributed by atoms with E-state index >= 15 is 0 Å². The number of pyridine rings is 1. The van der Waals surface area contributed by atoms with Crippen molar-refractivity contribution in [2.75, 3.05) is 5.75 Å². The number of hydrogen-bond donors (Lipinski definition) is 0. The van der Waals surface area contributed by atoms with E-state index in [2.05, 4.69) is 11.6 Å². The van der Waals surface area contributed by atoms with Crippen LogP contribution in [0.3, 0.4) is 0 Å². The maximum atomic E-state index is 11.0. The first-order chi connectivity index (χ1) is 7.85. The van der Waals surface area contributed by atoms with Gasteiger partial charge in [-0.05, 0) is 12.1 Å². The number of fused-ring (bicyclic) bond motifs is 1. The first kappa shape index (κ1) is 10.9. The quantitative estimate of drug-likeness (QED) is 0.457. The van der Waals surface area contributed by atoms with Gasteiger partial charge in [0.2, 0.25) is 0 Å². The standard InChI is InChI=1S/C13H11NOS/c1-2-7-16-13-11(9-15)8-10-5-3-4-6-12(10)14-13/h2-6,8-9H,1,7H2. The summed E-state index contributed by atoms with van der Waals surface area (Å²) in [6.07, 6.45) is 2.65. The summed E-state index contributed by atoms with van der Waals surface area (Å²) in [5.41, 5.74) is 1.56. The molecular formula is C13H11NOS. The molecule has 0 aliphatic rings. The molecular weight excluding hydrogens is 218 g/mol. The predicted octanol–water partition coefficient (Wildman–Crippen LogP) is 3.33. The van der Waals surface area contributed by atoms with Gasteiger partial charge < -0.3 is 0 Å². The summed E-state index contributed by atoms with van der Waals surface area (Å²) >= 11 is 1.53. The predicted molar refractivity (Wildman–Crippen MR) is 68.1 cm³/mol. The van der Waals surface area contributed by atoms with Crippen LogP contribution in [0.5, 0.6) is 0 Å². The number of carbonyl (C=O) groups excluding carboxylic acids is 1. The van der Waals surface area contributed by atoms with E-state index in [0.29, 0.717) is 5.56 Å². The third-order valence-electron chi connectivity index (χ3n) is 2.18. The molecule has 2 aromatic rings. The number of rotatable bonds is 4. The van der Waals surface area contributed by atoms with Crippen molar-refractivity contribution >= 4 is 29.0 Å². The van der Waals surface area contributed by atoms with Crippen LogP contribution in [0, 0.1) is 0 Å². The van der Waals surface area contributed by atoms with E-state index < -0.39 is 0 Å². The maximum absolute atomic E-state index is 11.0. The molecule has 1 heterocycles. The number of hydrogen-bond acceptors (Lipinski definition) is 3. The fourth-order valence-electron chi connectivity index (χ4n) is 1.45. The number of thioether (sulfide) groups is 1. The second kappa shape index (κ2) is 4.94. The molecule has 0 aliphatic carbocycles. The third kappa shape index (κ3) is 2.14. The molecule has 0 bridgehead atoms. The molecule has 0 spiro atoms. The van der Waals surface area contributed by atoms with Gasteiger partial charge in [-0.1, -0.05) is 24.3 Å². The number of benzene rings is 1. The lowest BCUT2D eigenvalue weighted by atomic mass is 10.2. The smallest absolute Gasteiger partial charge is 0.152 e. The van der Waals surface area contributed by atoms with Gasteiger partial charge in [0.1, 0.15) is 5.03 Å². The van der Waals surface area contributed by atoms with Gasteiger partial charge in [0.25, 0.3) is 0 Å². The molecule has 0 saturated heterocycles. The average Bonchev–Trinajstić information content (AvgIpc) is 2.35. The van der Waals surface area contributed by atoms with Crippen molar-refractivity contribution in [3.05, 3.63) is 48.6 Å². The molecule has 0 radical (unpaired) electrons. The average molecular weight is 229 g/mol. The first-order valence-corrected chi connectivity index (χ1v) is 5.92. The summed E-state index contributed by atoms with van der Waals surface area (Å²) < 4.78 is 0. The van der Waals surface area contributed by atoms with Crippen LogP contribution in [0.2, 0.25) is 0 Å². The highest BCUT2D eigenvalue weighted by atomic mass is 32.2. The fraction of sp³-hybridized carbons (Fsp3) is 0.0769. The Hall–Kier alpha value is -1.61. The molecule has 0 N–H and O–H groups in total. The van der Waals surface area contributed by atoms with Crippen LogP contribution in [-0.2, 0) is 0 Å². The Morgan fingerprint density at radius 2 is 2.19 bits per heavy atom. The van der Waals surface area contributed by atoms with E-state index in [-0.39, 0.29) is 0 Å². The lowest BCUT2D eigenvalue weighted by Gasteiger charge is -2.04. The number of para-hydroxylation sites is 1. The van der Waals surface area contributed by atoms with E-state index in [1.54, 1.807) is 6.08 Å². The van der Waals surface area contributed by atoms with Crippen LogP contribution in [-0.4, -0.2) is 17.0 Å². The van der Waals surface area contributed by atoms with Gasteiger partial charge in [-0.3, -0.25) is 4.79 Å². The van der Waals surface area contributed by atoms with E-state index in [1.807, 2.05) is 30.3 Å². The molecule has 2 rings (SSSR count). The molecule has 1 aromatic carbocycles. The Labute approximate surface area is 98.4 Å². The highest BCUT2D eigenvalue weighted by Crippen LogP contribution is 2.23. The first-order valence-electron chi connectivity index (χ1n) is 4.94. The topological polar surface area (TPSA) is 30.0 Å². The lowest BCUT2D eigenvalue weighted by molar-refractivity contribution is 0.112. The molecule has 0 fully saturated rings. The summed E-state index contributed by atoms with van der Waals surface area (Å²) in [4.78, 5) is 15.4. The van der Waals surface area contributed by atoms with Gasteiger partial charge in [0.05, 0.1) is 5.52 Å². The Kier molecular flexibility index (Phi) is 3.37. The summed E-state index contributed by atoms with van der Waals surface area (Å²) in [6.45, 7) is 3.66. The molecule has 0 unspecified atom stereocenters. The minimum Gasteiger partial charge on any atom is -0.298 e. The largest absolute Gasteiger partial charge is 0.298 e. The number of aromatic nitrogens is 1. The zero-order valence-corrected chi connectivity index (χ0v) is 9.54. The van der Waals surface area contributed by atoms with E-state index in [9.17, 15) is 4.79 Å². The zero-order valence-electron chi connectivity index (χ0n) is 8.72. The lowest BCUT2D eigenvalue weighted by Crippen LogP contribution is -1.91. The van der Waals surface area contributed by atoms with Gasteiger partial charge in [0.15, 0.2) is 6.29 Å². The number of nitrogens with zero attached hydrogens (tertiary/aromatic N) is 1. The van der Waals surface area contributed by atoms with E-state index in [1.165, 1.54) is 11.8 Å². The third-order valence-corrected chi connectivity index (χ3v) is 3.18. The van der Waals surface area contributed by atoms with Crippen molar-refractivity contribution in [2.45, 2.75) is 5.03 Å². The van der Waals surface area contributed by atoms with E-state index in [0.717, 1.165) is 28.0 Å². The zero-order chi connectivity index (χ0) is 11.4. The Morgan fingerprint density at radius 3 is 2.94 bits per heavy atom. The van der Waals surface area contributed by atoms with E-state index in [4.69, 9.17) is 0 Å². The fourth-order valence-corrected chi connectivity index (χ4v) is 2.16. The molecule has 1 aromatic heterocycles. The molecule has 3 heteroatoms. The Bertz CT molecular complexity index is 536. The summed E-state index contributed by atoms with van der Waals surface area (Å²) in [6, 6.07) is 9.66. The second-order valence-electron chi connectivity index (χ2n) is 3.29. The molecule has 2 nitrogen and oxygen atoms in total. The monoisotopic (exact) mass is 229 g/mol. The van der Waals surface area contributed by atoms with Crippen molar-refractivity contribution in [1.29, 1.82) is 0 Å². The molecule has 0 aliphatic heterocycles. The van der Waals surface area contributed by atoms with Crippen molar-refractivity contribution < 1.29 is 4.79 Å². The summed E-state index contributed by atoms with van der Waals surface area (Å²) in [5.74, 6) is 0.756. The van der Waals surface area contributed by atoms with Crippen molar-refractivity contribution in [3.8, 4) is 0 Å². The number of aldehydes is 1. The molecule has 0 atom stereocenters. The highest BCUT2D eigenvalue weighted by molar-refractivity contribution is 7.99. The summed E-state index contributed by atoms with van der Waals surface area (Å²) in [5, 5.41) is 1.76. The van der Waals surface area contributed by atoms with Gasteiger partial charge in [0, 0.05) is 16.7 Å². The van der Waals surface area contributed by atoms with Crippen LogP contribution in [0.15, 0.2) is 48.0 Å². The SMILES string of the molecule is C=CCSc1nc2ccccc2cc1C=O. The van der Waals surface area contributed by atoms with Crippen molar-refractivity contribution in [2.24, 2.45) is 0 Å². The van der Waals surface area contributed by atoms with Crippen LogP contribution in [0.4, 0.5) is 0 Å². The highest BCUT2D eigenvalue weighted by Gasteiger charge is 2.05. The molecule has 16 heavy (non-hydrogen) atoms. The normalized spacial score (nSPS) is 10.2. The minimum atomic E-state index is 0.644. The summed E-state index contributed by atoms with van der Waals surface area (Å²) in [7, 11) is 0. The number of carbonyl (C=O) groups is 1.